The van der Waals surface area contributed by atoms with E-state index in [1.807, 2.05) is 48.5 Å². The maximum absolute atomic E-state index is 9.30. The van der Waals surface area contributed by atoms with Crippen molar-refractivity contribution in [3.05, 3.63) is 59.7 Å². The highest BCUT2D eigenvalue weighted by Gasteiger charge is 2.10. The molecule has 3 nitrogen and oxygen atoms in total. The molecule has 0 saturated carbocycles. The number of ether oxygens (including phenoxy) is 1. The van der Waals surface area contributed by atoms with Crippen molar-refractivity contribution in [3.8, 4) is 11.8 Å². The number of hydrogen-bond acceptors (Lipinski definition) is 4. The van der Waals surface area contributed by atoms with E-state index >= 15 is 0 Å². The summed E-state index contributed by atoms with van der Waals surface area (Å²) >= 11 is 4.86. The number of methoxy groups -OCH3 is 1. The molecule has 0 aliphatic carbocycles. The van der Waals surface area contributed by atoms with Crippen LogP contribution in [0.5, 0.6) is 5.75 Å². The Kier molecular flexibility index (Phi) is 4.70. The molecule has 0 saturated heterocycles. The van der Waals surface area contributed by atoms with Crippen LogP contribution in [0, 0.1) is 11.3 Å². The SMILES string of the molecule is COc1ccc(C(C#N)Nc2ccc(C=S)cc2)cc1. The lowest BCUT2D eigenvalue weighted by molar-refractivity contribution is 0.414. The minimum Gasteiger partial charge on any atom is -0.497 e. The first-order valence-corrected chi connectivity index (χ1v) is 6.59. The average molecular weight is 282 g/mol. The van der Waals surface area contributed by atoms with E-state index in [-0.39, 0.29) is 0 Å². The Labute approximate surface area is 123 Å². The van der Waals surface area contributed by atoms with Crippen LogP contribution in [0.25, 0.3) is 0 Å². The van der Waals surface area contributed by atoms with E-state index < -0.39 is 6.04 Å². The molecule has 1 N–H and O–H groups in total. The maximum atomic E-state index is 9.30. The molecule has 0 fully saturated rings. The summed E-state index contributed by atoms with van der Waals surface area (Å²) < 4.78 is 5.11. The largest absolute Gasteiger partial charge is 0.497 e. The fraction of sp³-hybridized carbons (Fsp3) is 0.125. The lowest BCUT2D eigenvalue weighted by Crippen LogP contribution is -2.08. The first kappa shape index (κ1) is 14.0. The van der Waals surface area contributed by atoms with Crippen LogP contribution in [0.3, 0.4) is 0 Å². The van der Waals surface area contributed by atoms with Crippen LogP contribution in [0.2, 0.25) is 0 Å². The summed E-state index contributed by atoms with van der Waals surface area (Å²) in [7, 11) is 1.62. The smallest absolute Gasteiger partial charge is 0.140 e. The molecule has 20 heavy (non-hydrogen) atoms. The molecule has 2 aromatic rings. The summed E-state index contributed by atoms with van der Waals surface area (Å²) in [5.74, 6) is 0.774. The quantitative estimate of drug-likeness (QED) is 0.849. The van der Waals surface area contributed by atoms with Gasteiger partial charge in [0.2, 0.25) is 0 Å². The number of nitrogens with one attached hydrogen (secondary N) is 1. The van der Waals surface area contributed by atoms with Crippen LogP contribution in [0.15, 0.2) is 48.5 Å². The van der Waals surface area contributed by atoms with Gasteiger partial charge in [-0.3, -0.25) is 0 Å². The molecule has 2 aromatic carbocycles. The van der Waals surface area contributed by atoms with E-state index in [2.05, 4.69) is 11.4 Å². The normalized spacial score (nSPS) is 11.2. The molecule has 0 amide bonds. The van der Waals surface area contributed by atoms with E-state index in [0.29, 0.717) is 0 Å². The number of anilines is 1. The Morgan fingerprint density at radius 2 is 1.80 bits per heavy atom. The van der Waals surface area contributed by atoms with Gasteiger partial charge >= 0.3 is 0 Å². The Morgan fingerprint density at radius 3 is 2.30 bits per heavy atom. The van der Waals surface area contributed by atoms with Gasteiger partial charge in [0.25, 0.3) is 0 Å². The molecule has 1 atom stereocenters. The van der Waals surface area contributed by atoms with Crippen LogP contribution in [-0.2, 0) is 0 Å². The molecule has 0 bridgehead atoms. The van der Waals surface area contributed by atoms with Gasteiger partial charge in [0.05, 0.1) is 13.2 Å². The Balaban J connectivity index is 2.15. The van der Waals surface area contributed by atoms with E-state index in [1.165, 1.54) is 0 Å². The zero-order chi connectivity index (χ0) is 14.4. The van der Waals surface area contributed by atoms with E-state index in [9.17, 15) is 5.26 Å². The van der Waals surface area contributed by atoms with Crippen LogP contribution in [0.1, 0.15) is 17.2 Å². The third-order valence-corrected chi connectivity index (χ3v) is 3.21. The molecule has 4 heteroatoms. The fourth-order valence-electron chi connectivity index (χ4n) is 1.81. The molecular weight excluding hydrogens is 268 g/mol. The number of benzene rings is 2. The molecule has 0 aliphatic rings. The standard InChI is InChI=1S/C16H14N2OS/c1-19-15-8-4-13(5-9-15)16(10-17)18-14-6-2-12(11-20)3-7-14/h2-9,11,16,18H,1H3. The predicted molar refractivity (Wildman–Crippen MR) is 84.2 cm³/mol. The highest BCUT2D eigenvalue weighted by Crippen LogP contribution is 2.21. The van der Waals surface area contributed by atoms with Crippen LogP contribution < -0.4 is 10.1 Å². The number of thiocarbonyl (C=S) groups is 1. The van der Waals surface area contributed by atoms with Gasteiger partial charge in [-0.2, -0.15) is 5.26 Å². The molecule has 0 aromatic heterocycles. The van der Waals surface area contributed by atoms with E-state index in [1.54, 1.807) is 12.5 Å². The Bertz CT molecular complexity index is 614. The van der Waals surface area contributed by atoms with Crippen molar-refractivity contribution in [3.63, 3.8) is 0 Å². The molecule has 0 heterocycles. The van der Waals surface area contributed by atoms with Gasteiger partial charge in [-0.05, 0) is 35.4 Å². The second-order valence-electron chi connectivity index (χ2n) is 4.22. The monoisotopic (exact) mass is 282 g/mol. The van der Waals surface area contributed by atoms with Gasteiger partial charge in [0, 0.05) is 11.1 Å². The Morgan fingerprint density at radius 1 is 1.15 bits per heavy atom. The van der Waals surface area contributed by atoms with Gasteiger partial charge in [-0.15, -0.1) is 0 Å². The van der Waals surface area contributed by atoms with E-state index in [0.717, 1.165) is 22.6 Å². The minimum atomic E-state index is -0.403. The highest BCUT2D eigenvalue weighted by atomic mass is 32.1. The zero-order valence-electron chi connectivity index (χ0n) is 11.0. The van der Waals surface area contributed by atoms with Crippen molar-refractivity contribution in [1.82, 2.24) is 0 Å². The highest BCUT2D eigenvalue weighted by molar-refractivity contribution is 7.79. The lowest BCUT2D eigenvalue weighted by Gasteiger charge is -2.14. The summed E-state index contributed by atoms with van der Waals surface area (Å²) in [5.41, 5.74) is 2.75. The van der Waals surface area contributed by atoms with Crippen molar-refractivity contribution in [2.45, 2.75) is 6.04 Å². The van der Waals surface area contributed by atoms with Crippen molar-refractivity contribution in [2.75, 3.05) is 12.4 Å². The average Bonchev–Trinajstić information content (AvgIpc) is 2.53. The van der Waals surface area contributed by atoms with Crippen molar-refractivity contribution >= 4 is 23.3 Å². The first-order chi connectivity index (χ1) is 9.76. The third-order valence-electron chi connectivity index (χ3n) is 2.94. The number of hydrogen-bond donors (Lipinski definition) is 1. The van der Waals surface area contributed by atoms with E-state index in [4.69, 9.17) is 17.0 Å². The topological polar surface area (TPSA) is 45.0 Å². The van der Waals surface area contributed by atoms with Crippen molar-refractivity contribution in [2.24, 2.45) is 0 Å². The molecule has 1 unspecified atom stereocenters. The summed E-state index contributed by atoms with van der Waals surface area (Å²) in [6, 6.07) is 16.9. The summed E-state index contributed by atoms with van der Waals surface area (Å²) in [5, 5.41) is 14.1. The fourth-order valence-corrected chi connectivity index (χ4v) is 1.97. The molecular formula is C16H14N2OS. The van der Waals surface area contributed by atoms with Gasteiger partial charge in [-0.25, -0.2) is 0 Å². The van der Waals surface area contributed by atoms with Crippen molar-refractivity contribution < 1.29 is 4.74 Å². The number of nitriles is 1. The predicted octanol–water partition coefficient (Wildman–Crippen LogP) is 3.72. The molecule has 0 aliphatic heterocycles. The Hall–Kier alpha value is -2.38. The van der Waals surface area contributed by atoms with Gasteiger partial charge in [0.15, 0.2) is 0 Å². The van der Waals surface area contributed by atoms with Crippen molar-refractivity contribution in [1.29, 1.82) is 5.26 Å². The van der Waals surface area contributed by atoms with Gasteiger partial charge in [0.1, 0.15) is 11.8 Å². The third kappa shape index (κ3) is 3.34. The maximum Gasteiger partial charge on any atom is 0.140 e. The molecule has 2 rings (SSSR count). The van der Waals surface area contributed by atoms with Gasteiger partial charge < -0.3 is 10.1 Å². The molecule has 100 valence electrons. The van der Waals surface area contributed by atoms with Crippen LogP contribution in [-0.4, -0.2) is 12.5 Å². The lowest BCUT2D eigenvalue weighted by atomic mass is 10.1. The van der Waals surface area contributed by atoms with Crippen LogP contribution in [0.4, 0.5) is 5.69 Å². The second kappa shape index (κ2) is 6.69. The van der Waals surface area contributed by atoms with Gasteiger partial charge in [-0.1, -0.05) is 36.5 Å². The number of nitrogens with zero attached hydrogens (tertiary/aromatic N) is 1. The molecule has 0 spiro atoms. The second-order valence-corrected chi connectivity index (χ2v) is 4.46. The number of rotatable bonds is 5. The summed E-state index contributed by atoms with van der Waals surface area (Å²) in [6.45, 7) is 0. The first-order valence-electron chi connectivity index (χ1n) is 6.12. The summed E-state index contributed by atoms with van der Waals surface area (Å²) in [4.78, 5) is 0. The van der Waals surface area contributed by atoms with Crippen LogP contribution >= 0.6 is 12.2 Å². The minimum absolute atomic E-state index is 0.403. The summed E-state index contributed by atoms with van der Waals surface area (Å²) in [6.07, 6.45) is 0. The zero-order valence-corrected chi connectivity index (χ0v) is 11.9. The molecule has 0 radical (unpaired) electrons.